The predicted molar refractivity (Wildman–Crippen MR) is 74.9 cm³/mol. The first kappa shape index (κ1) is 15.7. The van der Waals surface area contributed by atoms with Crippen molar-refractivity contribution in [1.29, 1.82) is 0 Å². The van der Waals surface area contributed by atoms with Crippen molar-refractivity contribution in [3.05, 3.63) is 38.9 Å². The molecule has 0 fully saturated rings. The van der Waals surface area contributed by atoms with Gasteiger partial charge in [0.15, 0.2) is 0 Å². The van der Waals surface area contributed by atoms with Crippen LogP contribution in [0, 0.1) is 16.0 Å². The second-order valence-electron chi connectivity index (χ2n) is 4.31. The minimum Gasteiger partial charge on any atom is -0.349 e. The Kier molecular flexibility index (Phi) is 5.57. The monoisotopic (exact) mass is 304 g/mol. The topological polar surface area (TPSA) is 72.2 Å². The summed E-state index contributed by atoms with van der Waals surface area (Å²) in [5.41, 5.74) is -0.321. The summed E-state index contributed by atoms with van der Waals surface area (Å²) < 4.78 is 0. The summed E-state index contributed by atoms with van der Waals surface area (Å²) >= 11 is 11.5. The second kappa shape index (κ2) is 6.73. The van der Waals surface area contributed by atoms with Crippen LogP contribution in [-0.2, 0) is 0 Å². The normalized spacial score (nSPS) is 13.7. The first-order valence-corrected chi connectivity index (χ1v) is 6.58. The average molecular weight is 305 g/mol. The Morgan fingerprint density at radius 3 is 2.63 bits per heavy atom. The summed E-state index contributed by atoms with van der Waals surface area (Å²) in [6, 6.07) is 3.69. The molecule has 104 valence electrons. The number of nitro groups is 1. The molecule has 7 heteroatoms. The fourth-order valence-corrected chi connectivity index (χ4v) is 1.85. The number of alkyl halides is 1. The Balaban J connectivity index is 2.99. The average Bonchev–Trinajstić information content (AvgIpc) is 2.36. The van der Waals surface area contributed by atoms with Gasteiger partial charge in [0, 0.05) is 23.0 Å². The van der Waals surface area contributed by atoms with Gasteiger partial charge in [-0.05, 0) is 25.0 Å². The van der Waals surface area contributed by atoms with Gasteiger partial charge < -0.3 is 5.32 Å². The summed E-state index contributed by atoms with van der Waals surface area (Å²) in [5.74, 6) is -0.0819. The van der Waals surface area contributed by atoms with Crippen LogP contribution >= 0.6 is 23.2 Å². The minimum absolute atomic E-state index is 0.0499. The van der Waals surface area contributed by atoms with E-state index < -0.39 is 10.8 Å². The molecule has 1 rings (SSSR count). The maximum Gasteiger partial charge on any atom is 0.282 e. The SMILES string of the molecule is CC(CCl)C(C)NC(=O)c1cc(Cl)ccc1[N+](=O)[O-]. The molecule has 0 saturated carbocycles. The predicted octanol–water partition coefficient (Wildman–Crippen LogP) is 3.24. The molecule has 0 radical (unpaired) electrons. The number of halogens is 2. The van der Waals surface area contributed by atoms with Gasteiger partial charge in [0.1, 0.15) is 5.56 Å². The number of hydrogen-bond donors (Lipinski definition) is 1. The molecule has 1 aromatic rings. The molecule has 0 aromatic heterocycles. The summed E-state index contributed by atoms with van der Waals surface area (Å²) in [7, 11) is 0. The van der Waals surface area contributed by atoms with Gasteiger partial charge in [-0.25, -0.2) is 0 Å². The number of benzene rings is 1. The molecule has 2 unspecified atom stereocenters. The van der Waals surface area contributed by atoms with E-state index in [-0.39, 0.29) is 28.2 Å². The van der Waals surface area contributed by atoms with Gasteiger partial charge >= 0.3 is 0 Å². The lowest BCUT2D eigenvalue weighted by atomic mass is 10.1. The molecule has 0 heterocycles. The standard InChI is InChI=1S/C12H14Cl2N2O3/c1-7(6-13)8(2)15-12(17)10-5-9(14)3-4-11(10)16(18)19/h3-5,7-8H,6H2,1-2H3,(H,15,17). The number of nitro benzene ring substituents is 1. The molecule has 19 heavy (non-hydrogen) atoms. The third-order valence-corrected chi connectivity index (χ3v) is 3.58. The molecule has 1 aromatic carbocycles. The molecular weight excluding hydrogens is 291 g/mol. The molecule has 0 aliphatic carbocycles. The van der Waals surface area contributed by atoms with Crippen LogP contribution in [0.3, 0.4) is 0 Å². The highest BCUT2D eigenvalue weighted by atomic mass is 35.5. The van der Waals surface area contributed by atoms with Crippen molar-refractivity contribution in [1.82, 2.24) is 5.32 Å². The van der Waals surface area contributed by atoms with Crippen LogP contribution in [0.15, 0.2) is 18.2 Å². The highest BCUT2D eigenvalue weighted by Crippen LogP contribution is 2.23. The largest absolute Gasteiger partial charge is 0.349 e. The van der Waals surface area contributed by atoms with E-state index in [1.807, 2.05) is 6.92 Å². The summed E-state index contributed by atoms with van der Waals surface area (Å²) in [5, 5.41) is 13.8. The first-order valence-electron chi connectivity index (χ1n) is 5.67. The zero-order valence-electron chi connectivity index (χ0n) is 10.5. The Morgan fingerprint density at radius 1 is 1.47 bits per heavy atom. The number of amides is 1. The van der Waals surface area contributed by atoms with Crippen molar-refractivity contribution in [2.24, 2.45) is 5.92 Å². The van der Waals surface area contributed by atoms with E-state index in [2.05, 4.69) is 5.32 Å². The van der Waals surface area contributed by atoms with Gasteiger partial charge in [0.2, 0.25) is 0 Å². The molecule has 0 spiro atoms. The van der Waals surface area contributed by atoms with Gasteiger partial charge in [0.05, 0.1) is 4.92 Å². The van der Waals surface area contributed by atoms with Crippen LogP contribution in [0.5, 0.6) is 0 Å². The van der Waals surface area contributed by atoms with Crippen LogP contribution in [0.25, 0.3) is 0 Å². The molecular formula is C12H14Cl2N2O3. The molecule has 0 saturated heterocycles. The zero-order valence-corrected chi connectivity index (χ0v) is 12.0. The fourth-order valence-electron chi connectivity index (χ4n) is 1.41. The molecule has 5 nitrogen and oxygen atoms in total. The Bertz CT molecular complexity index is 494. The van der Waals surface area contributed by atoms with Crippen molar-refractivity contribution in [2.75, 3.05) is 5.88 Å². The number of hydrogen-bond acceptors (Lipinski definition) is 3. The Labute approximate surface area is 121 Å². The quantitative estimate of drug-likeness (QED) is 0.515. The lowest BCUT2D eigenvalue weighted by Gasteiger charge is -2.19. The molecule has 2 atom stereocenters. The van der Waals surface area contributed by atoms with Crippen LogP contribution in [0.1, 0.15) is 24.2 Å². The van der Waals surface area contributed by atoms with E-state index in [0.29, 0.717) is 5.88 Å². The number of carbonyl (C=O) groups excluding carboxylic acids is 1. The van der Waals surface area contributed by atoms with Gasteiger partial charge in [0.25, 0.3) is 11.6 Å². The first-order chi connectivity index (χ1) is 8.86. The van der Waals surface area contributed by atoms with E-state index in [1.54, 1.807) is 6.92 Å². The van der Waals surface area contributed by atoms with Crippen LogP contribution in [0.4, 0.5) is 5.69 Å². The smallest absolute Gasteiger partial charge is 0.282 e. The van der Waals surface area contributed by atoms with Crippen LogP contribution in [0.2, 0.25) is 5.02 Å². The molecule has 0 aliphatic rings. The highest BCUT2D eigenvalue weighted by molar-refractivity contribution is 6.31. The Hall–Kier alpha value is -1.33. The van der Waals surface area contributed by atoms with E-state index in [1.165, 1.54) is 18.2 Å². The zero-order chi connectivity index (χ0) is 14.6. The van der Waals surface area contributed by atoms with Gasteiger partial charge in [-0.3, -0.25) is 14.9 Å². The lowest BCUT2D eigenvalue weighted by Crippen LogP contribution is -2.38. The van der Waals surface area contributed by atoms with Crippen LogP contribution < -0.4 is 5.32 Å². The third kappa shape index (κ3) is 4.08. The van der Waals surface area contributed by atoms with Crippen molar-refractivity contribution in [2.45, 2.75) is 19.9 Å². The van der Waals surface area contributed by atoms with E-state index in [0.717, 1.165) is 0 Å². The Morgan fingerprint density at radius 2 is 2.11 bits per heavy atom. The van der Waals surface area contributed by atoms with E-state index >= 15 is 0 Å². The van der Waals surface area contributed by atoms with E-state index in [4.69, 9.17) is 23.2 Å². The van der Waals surface area contributed by atoms with Gasteiger partial charge in [-0.15, -0.1) is 11.6 Å². The van der Waals surface area contributed by atoms with Crippen molar-refractivity contribution >= 4 is 34.8 Å². The van der Waals surface area contributed by atoms with Crippen molar-refractivity contribution in [3.8, 4) is 0 Å². The molecule has 1 N–H and O–H groups in total. The number of rotatable bonds is 5. The summed E-state index contributed by atoms with van der Waals surface area (Å²) in [6.07, 6.45) is 0. The highest BCUT2D eigenvalue weighted by Gasteiger charge is 2.23. The summed E-state index contributed by atoms with van der Waals surface area (Å²) in [6.45, 7) is 3.67. The minimum atomic E-state index is -0.610. The van der Waals surface area contributed by atoms with Crippen molar-refractivity contribution < 1.29 is 9.72 Å². The third-order valence-electron chi connectivity index (χ3n) is 2.86. The maximum absolute atomic E-state index is 12.0. The van der Waals surface area contributed by atoms with Gasteiger partial charge in [-0.2, -0.15) is 0 Å². The molecule has 0 aliphatic heterocycles. The second-order valence-corrected chi connectivity index (χ2v) is 5.06. The van der Waals surface area contributed by atoms with E-state index in [9.17, 15) is 14.9 Å². The number of carbonyl (C=O) groups is 1. The fraction of sp³-hybridized carbons (Fsp3) is 0.417. The lowest BCUT2D eigenvalue weighted by molar-refractivity contribution is -0.385. The summed E-state index contributed by atoms with van der Waals surface area (Å²) in [4.78, 5) is 22.3. The number of nitrogens with one attached hydrogen (secondary N) is 1. The maximum atomic E-state index is 12.0. The van der Waals surface area contributed by atoms with Crippen molar-refractivity contribution in [3.63, 3.8) is 0 Å². The molecule has 1 amide bonds. The number of nitrogens with zero attached hydrogens (tertiary/aromatic N) is 1. The molecule has 0 bridgehead atoms. The van der Waals surface area contributed by atoms with Crippen LogP contribution in [-0.4, -0.2) is 22.8 Å². The van der Waals surface area contributed by atoms with Gasteiger partial charge in [-0.1, -0.05) is 18.5 Å².